The third-order valence-corrected chi connectivity index (χ3v) is 1.97. The molecule has 0 aliphatic carbocycles. The van der Waals surface area contributed by atoms with Gasteiger partial charge in [-0.15, -0.1) is 0 Å². The molecule has 0 aromatic heterocycles. The molecule has 72 valence electrons. The van der Waals surface area contributed by atoms with Gasteiger partial charge in [0.05, 0.1) is 6.54 Å². The molecule has 0 aliphatic heterocycles. The van der Waals surface area contributed by atoms with Crippen LogP contribution in [-0.2, 0) is 0 Å². The summed E-state index contributed by atoms with van der Waals surface area (Å²) in [5.74, 6) is 0. The summed E-state index contributed by atoms with van der Waals surface area (Å²) in [4.78, 5) is 0. The first-order valence-electron chi connectivity index (χ1n) is 4.19. The third-order valence-electron chi connectivity index (χ3n) is 1.97. The molecule has 0 unspecified atom stereocenters. The summed E-state index contributed by atoms with van der Waals surface area (Å²) >= 11 is 0. The monoisotopic (exact) mass is 185 g/mol. The lowest BCUT2D eigenvalue weighted by Gasteiger charge is -2.07. The van der Waals surface area contributed by atoms with E-state index in [0.717, 1.165) is 11.3 Å². The lowest BCUT2D eigenvalue weighted by atomic mass is 10.1. The highest BCUT2D eigenvalue weighted by atomic mass is 19.3. The van der Waals surface area contributed by atoms with Gasteiger partial charge in [-0.2, -0.15) is 0 Å². The molecule has 0 spiro atoms. The number of nitrogens with one attached hydrogen (secondary N) is 1. The van der Waals surface area contributed by atoms with Gasteiger partial charge in [0.15, 0.2) is 0 Å². The van der Waals surface area contributed by atoms with Gasteiger partial charge < -0.3 is 5.32 Å². The highest BCUT2D eigenvalue weighted by Gasteiger charge is 2.01. The van der Waals surface area contributed by atoms with Crippen LogP contribution in [0.2, 0.25) is 0 Å². The highest BCUT2D eigenvalue weighted by Crippen LogP contribution is 2.14. The minimum atomic E-state index is -2.30. The van der Waals surface area contributed by atoms with Crippen molar-refractivity contribution in [2.24, 2.45) is 0 Å². The van der Waals surface area contributed by atoms with Crippen LogP contribution in [0.1, 0.15) is 11.1 Å². The molecule has 0 saturated carbocycles. The number of rotatable bonds is 3. The van der Waals surface area contributed by atoms with Crippen LogP contribution in [0, 0.1) is 13.8 Å². The zero-order valence-corrected chi connectivity index (χ0v) is 7.77. The van der Waals surface area contributed by atoms with Gasteiger partial charge in [-0.3, -0.25) is 0 Å². The second kappa shape index (κ2) is 4.21. The van der Waals surface area contributed by atoms with Crippen molar-refractivity contribution in [1.29, 1.82) is 0 Å². The van der Waals surface area contributed by atoms with Gasteiger partial charge in [0.25, 0.3) is 6.43 Å². The van der Waals surface area contributed by atoms with Crippen LogP contribution in [0.5, 0.6) is 0 Å². The Morgan fingerprint density at radius 2 is 1.92 bits per heavy atom. The highest BCUT2D eigenvalue weighted by molar-refractivity contribution is 5.48. The maximum absolute atomic E-state index is 11.8. The number of halogens is 2. The van der Waals surface area contributed by atoms with E-state index < -0.39 is 6.43 Å². The first-order valence-corrected chi connectivity index (χ1v) is 4.19. The van der Waals surface area contributed by atoms with Crippen molar-refractivity contribution in [2.75, 3.05) is 11.9 Å². The molecule has 1 N–H and O–H groups in total. The van der Waals surface area contributed by atoms with Crippen LogP contribution in [0.15, 0.2) is 18.2 Å². The fraction of sp³-hybridized carbons (Fsp3) is 0.400. The zero-order valence-electron chi connectivity index (χ0n) is 7.77. The van der Waals surface area contributed by atoms with Crippen LogP contribution in [0.25, 0.3) is 0 Å². The van der Waals surface area contributed by atoms with Crippen LogP contribution in [0.3, 0.4) is 0 Å². The van der Waals surface area contributed by atoms with Crippen molar-refractivity contribution in [1.82, 2.24) is 0 Å². The Hall–Kier alpha value is -1.12. The van der Waals surface area contributed by atoms with Gasteiger partial charge in [0.1, 0.15) is 0 Å². The normalized spacial score (nSPS) is 10.5. The minimum Gasteiger partial charge on any atom is -0.379 e. The van der Waals surface area contributed by atoms with E-state index in [9.17, 15) is 8.78 Å². The van der Waals surface area contributed by atoms with Gasteiger partial charge in [-0.05, 0) is 37.1 Å². The smallest absolute Gasteiger partial charge is 0.255 e. The van der Waals surface area contributed by atoms with E-state index in [-0.39, 0.29) is 6.54 Å². The Bertz CT molecular complexity index is 284. The van der Waals surface area contributed by atoms with E-state index >= 15 is 0 Å². The molecule has 0 radical (unpaired) electrons. The average molecular weight is 185 g/mol. The summed E-state index contributed by atoms with van der Waals surface area (Å²) in [5, 5.41) is 2.66. The van der Waals surface area contributed by atoms with E-state index in [1.54, 1.807) is 0 Å². The molecule has 0 fully saturated rings. The largest absolute Gasteiger partial charge is 0.379 e. The Kier molecular flexibility index (Phi) is 3.23. The quantitative estimate of drug-likeness (QED) is 0.763. The Balaban J connectivity index is 2.63. The number of hydrogen-bond acceptors (Lipinski definition) is 1. The van der Waals surface area contributed by atoms with Crippen molar-refractivity contribution in [3.8, 4) is 0 Å². The van der Waals surface area contributed by atoms with Gasteiger partial charge in [-0.25, -0.2) is 8.78 Å². The lowest BCUT2D eigenvalue weighted by Crippen LogP contribution is -2.10. The maximum Gasteiger partial charge on any atom is 0.255 e. The van der Waals surface area contributed by atoms with Gasteiger partial charge in [0.2, 0.25) is 0 Å². The molecule has 1 nitrogen and oxygen atoms in total. The number of benzene rings is 1. The molecule has 1 aromatic rings. The molecule has 0 amide bonds. The second-order valence-corrected chi connectivity index (χ2v) is 3.07. The van der Waals surface area contributed by atoms with Crippen LogP contribution >= 0.6 is 0 Å². The second-order valence-electron chi connectivity index (χ2n) is 3.07. The van der Waals surface area contributed by atoms with Gasteiger partial charge in [0, 0.05) is 5.69 Å². The van der Waals surface area contributed by atoms with Crippen molar-refractivity contribution in [3.05, 3.63) is 29.3 Å². The molecule has 0 atom stereocenters. The van der Waals surface area contributed by atoms with E-state index in [2.05, 4.69) is 5.32 Å². The van der Waals surface area contributed by atoms with Crippen LogP contribution in [0.4, 0.5) is 14.5 Å². The standard InChI is InChI=1S/C10H13F2N/c1-7-3-4-9(5-8(7)2)13-6-10(11)12/h3-5,10,13H,6H2,1-2H3. The predicted octanol–water partition coefficient (Wildman–Crippen LogP) is 2.98. The summed E-state index contributed by atoms with van der Waals surface area (Å²) in [5.41, 5.74) is 3.03. The fourth-order valence-electron chi connectivity index (χ4n) is 1.05. The van der Waals surface area contributed by atoms with E-state index in [1.807, 2.05) is 32.0 Å². The maximum atomic E-state index is 11.8. The average Bonchev–Trinajstić information content (AvgIpc) is 2.07. The molecule has 0 bridgehead atoms. The van der Waals surface area contributed by atoms with Crippen molar-refractivity contribution < 1.29 is 8.78 Å². The summed E-state index contributed by atoms with van der Waals surface area (Å²) in [7, 11) is 0. The topological polar surface area (TPSA) is 12.0 Å². The van der Waals surface area contributed by atoms with Crippen molar-refractivity contribution in [2.45, 2.75) is 20.3 Å². The zero-order chi connectivity index (χ0) is 9.84. The van der Waals surface area contributed by atoms with E-state index in [4.69, 9.17) is 0 Å². The molecular weight excluding hydrogens is 172 g/mol. The predicted molar refractivity (Wildman–Crippen MR) is 50.4 cm³/mol. The van der Waals surface area contributed by atoms with Gasteiger partial charge in [-0.1, -0.05) is 6.07 Å². The summed E-state index contributed by atoms with van der Waals surface area (Å²) in [6.45, 7) is 3.66. The molecule has 0 aliphatic rings. The molecule has 13 heavy (non-hydrogen) atoms. The van der Waals surface area contributed by atoms with Gasteiger partial charge >= 0.3 is 0 Å². The Morgan fingerprint density at radius 3 is 2.46 bits per heavy atom. The molecule has 0 heterocycles. The van der Waals surface area contributed by atoms with Crippen molar-refractivity contribution in [3.63, 3.8) is 0 Å². The van der Waals surface area contributed by atoms with Crippen LogP contribution in [-0.4, -0.2) is 13.0 Å². The first kappa shape index (κ1) is 9.96. The SMILES string of the molecule is Cc1ccc(NCC(F)F)cc1C. The Labute approximate surface area is 76.8 Å². The van der Waals surface area contributed by atoms with E-state index in [0.29, 0.717) is 0 Å². The molecular formula is C10H13F2N. The molecule has 1 aromatic carbocycles. The Morgan fingerprint density at radius 1 is 1.23 bits per heavy atom. The summed E-state index contributed by atoms with van der Waals surface area (Å²) in [6, 6.07) is 5.60. The molecule has 1 rings (SSSR count). The summed E-state index contributed by atoms with van der Waals surface area (Å²) in [6.07, 6.45) is -2.30. The molecule has 3 heteroatoms. The minimum absolute atomic E-state index is 0.289. The first-order chi connectivity index (χ1) is 6.09. The number of alkyl halides is 2. The van der Waals surface area contributed by atoms with Crippen LogP contribution < -0.4 is 5.32 Å². The number of anilines is 1. The molecule has 0 saturated heterocycles. The third kappa shape index (κ3) is 3.01. The fourth-order valence-corrected chi connectivity index (χ4v) is 1.05. The summed E-state index contributed by atoms with van der Waals surface area (Å²) < 4.78 is 23.7. The van der Waals surface area contributed by atoms with E-state index in [1.165, 1.54) is 5.56 Å². The number of hydrogen-bond donors (Lipinski definition) is 1. The number of aryl methyl sites for hydroxylation is 2. The van der Waals surface area contributed by atoms with Crippen molar-refractivity contribution >= 4 is 5.69 Å². The lowest BCUT2D eigenvalue weighted by molar-refractivity contribution is 0.163.